The minimum absolute atomic E-state index is 0.0997. The Balaban J connectivity index is 1.95. The molecule has 0 atom stereocenters. The molecule has 106 valence electrons. The van der Waals surface area contributed by atoms with Crippen molar-refractivity contribution in [3.63, 3.8) is 0 Å². The third-order valence-corrected chi connectivity index (χ3v) is 3.65. The fourth-order valence-corrected chi connectivity index (χ4v) is 2.73. The highest BCUT2D eigenvalue weighted by atomic mass is 16.2. The molecule has 2 heteroatoms. The van der Waals surface area contributed by atoms with Crippen LogP contribution in [0.3, 0.4) is 0 Å². The van der Waals surface area contributed by atoms with Crippen molar-refractivity contribution >= 4 is 17.1 Å². The molecule has 0 radical (unpaired) electrons. The zero-order valence-electron chi connectivity index (χ0n) is 12.3. The van der Waals surface area contributed by atoms with Crippen molar-refractivity contribution in [3.05, 3.63) is 71.8 Å². The largest absolute Gasteiger partial charge is 0.353 e. The third kappa shape index (κ3) is 2.75. The minimum atomic E-state index is -0.114. The minimum Gasteiger partial charge on any atom is -0.353 e. The van der Waals surface area contributed by atoms with Gasteiger partial charge in [-0.3, -0.25) is 4.79 Å². The molecule has 1 aliphatic carbocycles. The highest BCUT2D eigenvalue weighted by Crippen LogP contribution is 2.53. The molecule has 1 N–H and O–H groups in total. The average Bonchev–Trinajstić information content (AvgIpc) is 3.24. The molecule has 0 aliphatic heterocycles. The molecule has 0 saturated heterocycles. The van der Waals surface area contributed by atoms with Crippen molar-refractivity contribution in [1.82, 2.24) is 5.32 Å². The van der Waals surface area contributed by atoms with E-state index >= 15 is 0 Å². The summed E-state index contributed by atoms with van der Waals surface area (Å²) in [6.45, 7) is 3.98. The number of rotatable bonds is 4. The lowest BCUT2D eigenvalue weighted by Gasteiger charge is -2.09. The van der Waals surface area contributed by atoms with Gasteiger partial charge in [-0.1, -0.05) is 60.7 Å². The summed E-state index contributed by atoms with van der Waals surface area (Å²) >= 11 is 0. The number of benzene rings is 2. The van der Waals surface area contributed by atoms with Crippen LogP contribution in [0.2, 0.25) is 0 Å². The van der Waals surface area contributed by atoms with Gasteiger partial charge >= 0.3 is 0 Å². The second-order valence-corrected chi connectivity index (χ2v) is 5.66. The molecule has 21 heavy (non-hydrogen) atoms. The zero-order chi connectivity index (χ0) is 14.8. The van der Waals surface area contributed by atoms with Gasteiger partial charge in [0.1, 0.15) is 0 Å². The first kappa shape index (κ1) is 13.6. The van der Waals surface area contributed by atoms with Crippen LogP contribution in [-0.2, 0) is 4.79 Å². The number of hydrogen-bond donors (Lipinski definition) is 1. The van der Waals surface area contributed by atoms with Crippen LogP contribution in [0.15, 0.2) is 60.7 Å². The van der Waals surface area contributed by atoms with Crippen molar-refractivity contribution in [2.75, 3.05) is 0 Å². The van der Waals surface area contributed by atoms with E-state index in [4.69, 9.17) is 0 Å². The summed E-state index contributed by atoms with van der Waals surface area (Å²) in [5.41, 5.74) is 4.58. The molecule has 0 fully saturated rings. The van der Waals surface area contributed by atoms with Crippen LogP contribution in [-0.4, -0.2) is 11.9 Å². The Morgan fingerprint density at radius 1 is 0.857 bits per heavy atom. The first-order chi connectivity index (χ1) is 10.2. The Morgan fingerprint density at radius 3 is 1.67 bits per heavy atom. The lowest BCUT2D eigenvalue weighted by molar-refractivity contribution is -0.121. The summed E-state index contributed by atoms with van der Waals surface area (Å²) in [7, 11) is 0. The fraction of sp³-hybridized carbons (Fsp3) is 0.211. The van der Waals surface area contributed by atoms with Crippen LogP contribution >= 0.6 is 0 Å². The van der Waals surface area contributed by atoms with Crippen molar-refractivity contribution < 1.29 is 4.79 Å². The topological polar surface area (TPSA) is 29.1 Å². The SMILES string of the molecule is CC(C)NC(=O)C1C(c2ccccc2)=C1c1ccccc1. The van der Waals surface area contributed by atoms with E-state index in [0.717, 1.165) is 22.3 Å². The summed E-state index contributed by atoms with van der Waals surface area (Å²) in [6, 6.07) is 20.5. The van der Waals surface area contributed by atoms with Gasteiger partial charge in [-0.25, -0.2) is 0 Å². The van der Waals surface area contributed by atoms with Gasteiger partial charge in [0.25, 0.3) is 0 Å². The maximum absolute atomic E-state index is 12.4. The monoisotopic (exact) mass is 277 g/mol. The maximum atomic E-state index is 12.4. The van der Waals surface area contributed by atoms with Gasteiger partial charge in [0.15, 0.2) is 0 Å². The van der Waals surface area contributed by atoms with Gasteiger partial charge in [0.2, 0.25) is 5.91 Å². The smallest absolute Gasteiger partial charge is 0.232 e. The van der Waals surface area contributed by atoms with Crippen LogP contribution in [0.5, 0.6) is 0 Å². The lowest BCUT2D eigenvalue weighted by Crippen LogP contribution is -2.32. The van der Waals surface area contributed by atoms with Gasteiger partial charge in [-0.05, 0) is 36.1 Å². The van der Waals surface area contributed by atoms with Gasteiger partial charge in [0, 0.05) is 6.04 Å². The van der Waals surface area contributed by atoms with Crippen molar-refractivity contribution in [1.29, 1.82) is 0 Å². The standard InChI is InChI=1S/C19H19NO/c1-13(2)20-19(21)18-16(14-9-5-3-6-10-14)17(18)15-11-7-4-8-12-15/h3-13,18H,1-2H3,(H,20,21). The molecule has 0 unspecified atom stereocenters. The highest BCUT2D eigenvalue weighted by molar-refractivity contribution is 6.23. The predicted molar refractivity (Wildman–Crippen MR) is 86.5 cm³/mol. The Labute approximate surface area is 125 Å². The van der Waals surface area contributed by atoms with Gasteiger partial charge in [0.05, 0.1) is 5.92 Å². The molecule has 0 saturated carbocycles. The molecular formula is C19H19NO. The number of carbonyl (C=O) groups is 1. The summed E-state index contributed by atoms with van der Waals surface area (Å²) in [5.74, 6) is -0.0140. The van der Waals surface area contributed by atoms with E-state index in [0.29, 0.717) is 0 Å². The molecular weight excluding hydrogens is 258 g/mol. The summed E-state index contributed by atoms with van der Waals surface area (Å²) in [6.07, 6.45) is 0. The van der Waals surface area contributed by atoms with E-state index in [2.05, 4.69) is 29.6 Å². The summed E-state index contributed by atoms with van der Waals surface area (Å²) < 4.78 is 0. The van der Waals surface area contributed by atoms with Crippen LogP contribution in [0.4, 0.5) is 0 Å². The van der Waals surface area contributed by atoms with Crippen LogP contribution in [0.1, 0.15) is 25.0 Å². The molecule has 0 heterocycles. The average molecular weight is 277 g/mol. The Kier molecular flexibility index (Phi) is 3.61. The first-order valence-corrected chi connectivity index (χ1v) is 7.33. The number of hydrogen-bond acceptors (Lipinski definition) is 1. The Morgan fingerprint density at radius 2 is 1.29 bits per heavy atom. The molecule has 0 bridgehead atoms. The second kappa shape index (κ2) is 5.57. The van der Waals surface area contributed by atoms with Crippen molar-refractivity contribution in [3.8, 4) is 0 Å². The van der Waals surface area contributed by atoms with Gasteiger partial charge < -0.3 is 5.32 Å². The predicted octanol–water partition coefficient (Wildman–Crippen LogP) is 3.75. The molecule has 2 nitrogen and oxygen atoms in total. The molecule has 2 aromatic rings. The highest BCUT2D eigenvalue weighted by Gasteiger charge is 2.43. The van der Waals surface area contributed by atoms with Crippen molar-refractivity contribution in [2.45, 2.75) is 19.9 Å². The zero-order valence-corrected chi connectivity index (χ0v) is 12.3. The fourth-order valence-electron chi connectivity index (χ4n) is 2.73. The van der Waals surface area contributed by atoms with E-state index in [9.17, 15) is 4.79 Å². The summed E-state index contributed by atoms with van der Waals surface area (Å²) in [4.78, 5) is 12.4. The summed E-state index contributed by atoms with van der Waals surface area (Å²) in [5, 5.41) is 3.02. The second-order valence-electron chi connectivity index (χ2n) is 5.66. The molecule has 0 spiro atoms. The Bertz CT molecular complexity index is 622. The van der Waals surface area contributed by atoms with E-state index < -0.39 is 0 Å². The number of nitrogens with one attached hydrogen (secondary N) is 1. The molecule has 1 aliphatic rings. The maximum Gasteiger partial charge on any atom is 0.232 e. The molecule has 0 aromatic heterocycles. The van der Waals surface area contributed by atoms with E-state index in [1.807, 2.05) is 50.2 Å². The van der Waals surface area contributed by atoms with Gasteiger partial charge in [-0.2, -0.15) is 0 Å². The quantitative estimate of drug-likeness (QED) is 0.906. The molecule has 2 aromatic carbocycles. The van der Waals surface area contributed by atoms with Crippen LogP contribution < -0.4 is 5.32 Å². The Hall–Kier alpha value is -2.35. The lowest BCUT2D eigenvalue weighted by atomic mass is 10.1. The van der Waals surface area contributed by atoms with E-state index in [1.54, 1.807) is 0 Å². The molecule has 3 rings (SSSR count). The van der Waals surface area contributed by atoms with E-state index in [-0.39, 0.29) is 17.9 Å². The van der Waals surface area contributed by atoms with Crippen LogP contribution in [0.25, 0.3) is 11.1 Å². The van der Waals surface area contributed by atoms with E-state index in [1.165, 1.54) is 0 Å². The normalized spacial score (nSPS) is 14.4. The van der Waals surface area contributed by atoms with Crippen molar-refractivity contribution in [2.24, 2.45) is 5.92 Å². The van der Waals surface area contributed by atoms with Gasteiger partial charge in [-0.15, -0.1) is 0 Å². The number of carbonyl (C=O) groups excluding carboxylic acids is 1. The van der Waals surface area contributed by atoms with Crippen LogP contribution in [0, 0.1) is 5.92 Å². The third-order valence-electron chi connectivity index (χ3n) is 3.65. The number of amides is 1. The molecule has 1 amide bonds. The first-order valence-electron chi connectivity index (χ1n) is 7.33.